The van der Waals surface area contributed by atoms with Gasteiger partial charge in [0.05, 0.1) is 0 Å². The summed E-state index contributed by atoms with van der Waals surface area (Å²) in [5, 5.41) is 0. The first kappa shape index (κ1) is 15.1. The van der Waals surface area contributed by atoms with Crippen molar-refractivity contribution < 1.29 is 0 Å². The van der Waals surface area contributed by atoms with Crippen molar-refractivity contribution in [3.63, 3.8) is 0 Å². The van der Waals surface area contributed by atoms with Crippen LogP contribution in [0.5, 0.6) is 0 Å². The molecule has 0 fully saturated rings. The largest absolute Gasteiger partial charge is 0.398 e. The topological polar surface area (TPSA) is 52.0 Å². The van der Waals surface area contributed by atoms with Crippen LogP contribution in [0.4, 0.5) is 11.4 Å². The molecule has 4 N–H and O–H groups in total. The van der Waals surface area contributed by atoms with Gasteiger partial charge in [-0.1, -0.05) is 21.6 Å². The molecule has 0 aliphatic carbocycles. The maximum absolute atomic E-state index is 6.03. The van der Waals surface area contributed by atoms with E-state index in [1.54, 1.807) is 21.6 Å². The van der Waals surface area contributed by atoms with Crippen molar-refractivity contribution in [2.24, 2.45) is 0 Å². The van der Waals surface area contributed by atoms with Crippen LogP contribution in [0, 0.1) is 27.7 Å². The number of hydrogen-bond acceptors (Lipinski definition) is 4. The highest BCUT2D eigenvalue weighted by Crippen LogP contribution is 2.43. The molecule has 0 saturated heterocycles. The van der Waals surface area contributed by atoms with Gasteiger partial charge in [0, 0.05) is 21.2 Å². The second kappa shape index (κ2) is 6.02. The Labute approximate surface area is 128 Å². The molecule has 2 aromatic rings. The summed E-state index contributed by atoms with van der Waals surface area (Å²) in [6, 6.07) is 8.38. The monoisotopic (exact) mass is 304 g/mol. The van der Waals surface area contributed by atoms with Crippen LogP contribution in [-0.2, 0) is 0 Å². The number of hydrogen-bond donors (Lipinski definition) is 2. The second-order valence-corrected chi connectivity index (χ2v) is 7.33. The number of anilines is 2. The zero-order valence-electron chi connectivity index (χ0n) is 12.3. The average Bonchev–Trinajstić information content (AvgIpc) is 2.37. The first-order valence-electron chi connectivity index (χ1n) is 6.46. The predicted molar refractivity (Wildman–Crippen MR) is 92.4 cm³/mol. The number of aryl methyl sites for hydroxylation is 2. The first-order valence-corrected chi connectivity index (χ1v) is 8.61. The Morgan fingerprint density at radius 1 is 0.650 bits per heavy atom. The van der Waals surface area contributed by atoms with Crippen LogP contribution in [0.15, 0.2) is 34.1 Å². The maximum atomic E-state index is 6.03. The molecule has 2 rings (SSSR count). The Morgan fingerprint density at radius 2 is 1.00 bits per heavy atom. The van der Waals surface area contributed by atoms with Crippen LogP contribution >= 0.6 is 21.6 Å². The molecule has 0 aliphatic rings. The Bertz CT molecular complexity index is 594. The Morgan fingerprint density at radius 3 is 1.35 bits per heavy atom. The Balaban J connectivity index is 2.26. The highest BCUT2D eigenvalue weighted by molar-refractivity contribution is 8.76. The Kier molecular flexibility index (Phi) is 4.55. The van der Waals surface area contributed by atoms with Crippen LogP contribution in [0.3, 0.4) is 0 Å². The molecule has 0 aromatic heterocycles. The number of benzene rings is 2. The summed E-state index contributed by atoms with van der Waals surface area (Å²) in [5.74, 6) is 0. The maximum Gasteiger partial charge on any atom is 0.0357 e. The van der Waals surface area contributed by atoms with Crippen LogP contribution in [-0.4, -0.2) is 0 Å². The van der Waals surface area contributed by atoms with Gasteiger partial charge < -0.3 is 11.5 Å². The van der Waals surface area contributed by atoms with Gasteiger partial charge in [-0.15, -0.1) is 0 Å². The molecule has 2 nitrogen and oxygen atoms in total. The highest BCUT2D eigenvalue weighted by Gasteiger charge is 2.08. The van der Waals surface area contributed by atoms with Crippen LogP contribution in [0.2, 0.25) is 0 Å². The molecule has 20 heavy (non-hydrogen) atoms. The van der Waals surface area contributed by atoms with Crippen molar-refractivity contribution in [1.82, 2.24) is 0 Å². The molecule has 4 heteroatoms. The van der Waals surface area contributed by atoms with Gasteiger partial charge in [-0.3, -0.25) is 0 Å². The zero-order valence-corrected chi connectivity index (χ0v) is 13.9. The first-order chi connectivity index (χ1) is 9.38. The van der Waals surface area contributed by atoms with Gasteiger partial charge >= 0.3 is 0 Å². The fourth-order valence-electron chi connectivity index (χ4n) is 1.97. The fraction of sp³-hybridized carbons (Fsp3) is 0.250. The highest BCUT2D eigenvalue weighted by atomic mass is 33.1. The van der Waals surface area contributed by atoms with E-state index in [9.17, 15) is 0 Å². The van der Waals surface area contributed by atoms with Gasteiger partial charge in [-0.25, -0.2) is 0 Å². The van der Waals surface area contributed by atoms with E-state index in [0.29, 0.717) is 0 Å². The fourth-order valence-corrected chi connectivity index (χ4v) is 4.68. The molecule has 2 aromatic carbocycles. The van der Waals surface area contributed by atoms with Gasteiger partial charge in [0.1, 0.15) is 0 Å². The van der Waals surface area contributed by atoms with Crippen molar-refractivity contribution in [2.75, 3.05) is 11.5 Å². The summed E-state index contributed by atoms with van der Waals surface area (Å²) >= 11 is 0. The van der Waals surface area contributed by atoms with Crippen molar-refractivity contribution in [2.45, 2.75) is 37.5 Å². The van der Waals surface area contributed by atoms with E-state index in [-0.39, 0.29) is 0 Å². The summed E-state index contributed by atoms with van der Waals surface area (Å²) in [6.07, 6.45) is 0. The molecule has 0 heterocycles. The van der Waals surface area contributed by atoms with Gasteiger partial charge in [0.2, 0.25) is 0 Å². The Hall–Kier alpha value is -1.26. The molecule has 0 radical (unpaired) electrons. The third kappa shape index (κ3) is 3.25. The van der Waals surface area contributed by atoms with E-state index in [1.165, 1.54) is 20.9 Å². The van der Waals surface area contributed by atoms with Crippen molar-refractivity contribution in [3.8, 4) is 0 Å². The second-order valence-electron chi connectivity index (χ2n) is 5.12. The third-order valence-corrected chi connectivity index (χ3v) is 5.93. The number of rotatable bonds is 3. The molecule has 0 amide bonds. The lowest BCUT2D eigenvalue weighted by Crippen LogP contribution is -1.93. The van der Waals surface area contributed by atoms with Crippen LogP contribution in [0.1, 0.15) is 22.3 Å². The molecule has 0 atom stereocenters. The van der Waals surface area contributed by atoms with Gasteiger partial charge in [0.25, 0.3) is 0 Å². The van der Waals surface area contributed by atoms with Crippen molar-refractivity contribution >= 4 is 33.0 Å². The summed E-state index contributed by atoms with van der Waals surface area (Å²) in [4.78, 5) is 2.43. The summed E-state index contributed by atoms with van der Waals surface area (Å²) < 4.78 is 0. The van der Waals surface area contributed by atoms with Gasteiger partial charge in [-0.2, -0.15) is 0 Å². The minimum Gasteiger partial charge on any atom is -0.398 e. The molecule has 0 saturated carbocycles. The van der Waals surface area contributed by atoms with Crippen LogP contribution in [0.25, 0.3) is 0 Å². The summed E-state index contributed by atoms with van der Waals surface area (Å²) in [6.45, 7) is 8.27. The predicted octanol–water partition coefficient (Wildman–Crippen LogP) is 4.88. The van der Waals surface area contributed by atoms with E-state index >= 15 is 0 Å². The molecular weight excluding hydrogens is 284 g/mol. The molecule has 0 unspecified atom stereocenters. The van der Waals surface area contributed by atoms with Gasteiger partial charge in [-0.05, 0) is 74.2 Å². The third-order valence-electron chi connectivity index (χ3n) is 3.31. The van der Waals surface area contributed by atoms with E-state index in [0.717, 1.165) is 22.5 Å². The lowest BCUT2D eigenvalue weighted by molar-refractivity contribution is 1.27. The van der Waals surface area contributed by atoms with Crippen LogP contribution < -0.4 is 11.5 Å². The SMILES string of the molecule is Cc1cc(N)c(C)c(SSc2cc(C)cc(N)c2C)c1. The summed E-state index contributed by atoms with van der Waals surface area (Å²) in [5.41, 5.74) is 18.4. The van der Waals surface area contributed by atoms with E-state index < -0.39 is 0 Å². The normalized spacial score (nSPS) is 10.8. The standard InChI is InChI=1S/C16H20N2S2/c1-9-5-13(17)11(3)15(7-9)19-20-16-8-10(2)6-14(18)12(16)4/h5-8H,17-18H2,1-4H3. The minimum absolute atomic E-state index is 0.855. The van der Waals surface area contributed by atoms with Crippen molar-refractivity contribution in [1.29, 1.82) is 0 Å². The molecule has 106 valence electrons. The lowest BCUT2D eigenvalue weighted by Gasteiger charge is -2.12. The lowest BCUT2D eigenvalue weighted by atomic mass is 10.1. The molecule has 0 aliphatic heterocycles. The minimum atomic E-state index is 0.855. The van der Waals surface area contributed by atoms with E-state index in [4.69, 9.17) is 11.5 Å². The smallest absolute Gasteiger partial charge is 0.0357 e. The summed E-state index contributed by atoms with van der Waals surface area (Å²) in [7, 11) is 3.48. The molecular formula is C16H20N2S2. The van der Waals surface area contributed by atoms with E-state index in [2.05, 4.69) is 39.8 Å². The average molecular weight is 304 g/mol. The molecule has 0 spiro atoms. The van der Waals surface area contributed by atoms with Crippen molar-refractivity contribution in [3.05, 3.63) is 46.5 Å². The van der Waals surface area contributed by atoms with E-state index in [1.807, 2.05) is 12.1 Å². The molecule has 0 bridgehead atoms. The quantitative estimate of drug-likeness (QED) is 0.626. The number of nitrogen functional groups attached to an aromatic ring is 2. The van der Waals surface area contributed by atoms with Gasteiger partial charge in [0.15, 0.2) is 0 Å². The zero-order chi connectivity index (χ0) is 14.9. The number of nitrogens with two attached hydrogens (primary N) is 2.